The van der Waals surface area contributed by atoms with Gasteiger partial charge >= 0.3 is 0 Å². The van der Waals surface area contributed by atoms with E-state index in [1.165, 1.54) is 0 Å². The van der Waals surface area contributed by atoms with Gasteiger partial charge in [0.25, 0.3) is 0 Å². The van der Waals surface area contributed by atoms with Crippen molar-refractivity contribution >= 4 is 0 Å². The number of aliphatic hydroxyl groups is 1. The lowest BCUT2D eigenvalue weighted by molar-refractivity contribution is 0.176. The molecule has 0 bridgehead atoms. The van der Waals surface area contributed by atoms with Crippen molar-refractivity contribution in [2.45, 2.75) is 13.0 Å². The van der Waals surface area contributed by atoms with Crippen molar-refractivity contribution in [1.29, 1.82) is 0 Å². The Hall–Kier alpha value is -0.600. The number of hydrogen-bond acceptors (Lipinski definition) is 2. The topological polar surface area (TPSA) is 29.5 Å². The van der Waals surface area contributed by atoms with Gasteiger partial charge in [-0.1, -0.05) is 24.3 Å². The SMILES string of the molecule is C/C=C/C(/C=C/CO)OC. The third-order valence-corrected chi connectivity index (χ3v) is 1.09. The fourth-order valence-corrected chi connectivity index (χ4v) is 0.606. The molecule has 0 saturated carbocycles. The van der Waals surface area contributed by atoms with E-state index in [-0.39, 0.29) is 12.7 Å². The van der Waals surface area contributed by atoms with Crippen molar-refractivity contribution in [3.05, 3.63) is 24.3 Å². The first kappa shape index (κ1) is 9.40. The minimum absolute atomic E-state index is 0.00264. The average Bonchev–Trinajstić information content (AvgIpc) is 1.98. The maximum Gasteiger partial charge on any atom is 0.0934 e. The highest BCUT2D eigenvalue weighted by Crippen LogP contribution is 1.93. The molecule has 0 amide bonds. The summed E-state index contributed by atoms with van der Waals surface area (Å²) in [4.78, 5) is 0. The lowest BCUT2D eigenvalue weighted by Gasteiger charge is -2.02. The highest BCUT2D eigenvalue weighted by atomic mass is 16.5. The van der Waals surface area contributed by atoms with E-state index in [9.17, 15) is 0 Å². The summed E-state index contributed by atoms with van der Waals surface area (Å²) in [7, 11) is 1.63. The standard InChI is InChI=1S/C8H14O2/c1-3-5-8(10-2)6-4-7-9/h3-6,8-9H,7H2,1-2H3/b5-3+,6-4+. The Morgan fingerprint density at radius 1 is 1.50 bits per heavy atom. The minimum Gasteiger partial charge on any atom is -0.392 e. The van der Waals surface area contributed by atoms with Crippen molar-refractivity contribution in [2.24, 2.45) is 0 Å². The maximum absolute atomic E-state index is 8.41. The van der Waals surface area contributed by atoms with Gasteiger partial charge in [-0.3, -0.25) is 0 Å². The van der Waals surface area contributed by atoms with Gasteiger partial charge in [-0.25, -0.2) is 0 Å². The Morgan fingerprint density at radius 3 is 2.60 bits per heavy atom. The molecule has 0 fully saturated rings. The molecule has 0 rings (SSSR count). The molecule has 0 aromatic heterocycles. The van der Waals surface area contributed by atoms with E-state index in [2.05, 4.69) is 0 Å². The van der Waals surface area contributed by atoms with E-state index in [1.54, 1.807) is 19.3 Å². The number of hydrogen-bond donors (Lipinski definition) is 1. The van der Waals surface area contributed by atoms with Crippen LogP contribution in [0.3, 0.4) is 0 Å². The largest absolute Gasteiger partial charge is 0.392 e. The first-order valence-electron chi connectivity index (χ1n) is 3.28. The number of methoxy groups -OCH3 is 1. The van der Waals surface area contributed by atoms with Crippen molar-refractivity contribution in [3.63, 3.8) is 0 Å². The molecule has 1 unspecified atom stereocenters. The average molecular weight is 142 g/mol. The van der Waals surface area contributed by atoms with Gasteiger partial charge in [0.1, 0.15) is 0 Å². The van der Waals surface area contributed by atoms with Crippen LogP contribution >= 0.6 is 0 Å². The van der Waals surface area contributed by atoms with Gasteiger partial charge in [0, 0.05) is 7.11 Å². The van der Waals surface area contributed by atoms with Crippen molar-refractivity contribution < 1.29 is 9.84 Å². The molecule has 0 aliphatic heterocycles. The van der Waals surface area contributed by atoms with Crippen molar-refractivity contribution in [2.75, 3.05) is 13.7 Å². The zero-order valence-corrected chi connectivity index (χ0v) is 6.45. The smallest absolute Gasteiger partial charge is 0.0934 e. The van der Waals surface area contributed by atoms with Crippen LogP contribution in [-0.4, -0.2) is 24.9 Å². The van der Waals surface area contributed by atoms with E-state index < -0.39 is 0 Å². The van der Waals surface area contributed by atoms with E-state index in [0.717, 1.165) is 0 Å². The van der Waals surface area contributed by atoms with Gasteiger partial charge in [0.2, 0.25) is 0 Å². The zero-order chi connectivity index (χ0) is 7.82. The first-order valence-corrected chi connectivity index (χ1v) is 3.28. The summed E-state index contributed by atoms with van der Waals surface area (Å²) >= 11 is 0. The zero-order valence-electron chi connectivity index (χ0n) is 6.45. The van der Waals surface area contributed by atoms with Crippen LogP contribution in [0.1, 0.15) is 6.92 Å². The Kier molecular flexibility index (Phi) is 6.13. The van der Waals surface area contributed by atoms with Crippen molar-refractivity contribution in [3.8, 4) is 0 Å². The summed E-state index contributed by atoms with van der Waals surface area (Å²) in [6.07, 6.45) is 7.29. The Balaban J connectivity index is 3.70. The van der Waals surface area contributed by atoms with E-state index in [1.807, 2.05) is 19.1 Å². The van der Waals surface area contributed by atoms with Gasteiger partial charge in [0.05, 0.1) is 12.7 Å². The quantitative estimate of drug-likeness (QED) is 0.596. The summed E-state index contributed by atoms with van der Waals surface area (Å²) in [6.45, 7) is 2.00. The summed E-state index contributed by atoms with van der Waals surface area (Å²) < 4.78 is 5.01. The fourth-order valence-electron chi connectivity index (χ4n) is 0.606. The van der Waals surface area contributed by atoms with Crippen LogP contribution in [0.5, 0.6) is 0 Å². The van der Waals surface area contributed by atoms with Gasteiger partial charge in [-0.15, -0.1) is 0 Å². The van der Waals surface area contributed by atoms with Crippen molar-refractivity contribution in [1.82, 2.24) is 0 Å². The molecule has 2 nitrogen and oxygen atoms in total. The van der Waals surface area contributed by atoms with Crippen LogP contribution in [0.15, 0.2) is 24.3 Å². The van der Waals surface area contributed by atoms with Crippen LogP contribution < -0.4 is 0 Å². The number of rotatable bonds is 4. The number of allylic oxidation sites excluding steroid dienone is 1. The highest BCUT2D eigenvalue weighted by Gasteiger charge is 1.92. The first-order chi connectivity index (χ1) is 4.85. The Bertz CT molecular complexity index is 116. The van der Waals surface area contributed by atoms with Gasteiger partial charge < -0.3 is 9.84 Å². The molecule has 10 heavy (non-hydrogen) atoms. The molecule has 58 valence electrons. The second-order valence-corrected chi connectivity index (χ2v) is 1.84. The molecular formula is C8H14O2. The molecule has 0 aromatic rings. The normalized spacial score (nSPS) is 15.1. The predicted molar refractivity (Wildman–Crippen MR) is 41.8 cm³/mol. The molecule has 1 atom stereocenters. The molecule has 2 heteroatoms. The molecule has 0 saturated heterocycles. The summed E-state index contributed by atoms with van der Waals surface area (Å²) in [5, 5.41) is 8.41. The van der Waals surface area contributed by atoms with Gasteiger partial charge in [-0.05, 0) is 6.92 Å². The lowest BCUT2D eigenvalue weighted by atomic mass is 10.3. The van der Waals surface area contributed by atoms with Crippen LogP contribution in [0.4, 0.5) is 0 Å². The van der Waals surface area contributed by atoms with E-state index >= 15 is 0 Å². The molecule has 0 aliphatic rings. The Morgan fingerprint density at radius 2 is 2.20 bits per heavy atom. The predicted octanol–water partition coefficient (Wildman–Crippen LogP) is 1.13. The summed E-state index contributed by atoms with van der Waals surface area (Å²) in [5.74, 6) is 0. The van der Waals surface area contributed by atoms with E-state index in [4.69, 9.17) is 9.84 Å². The lowest BCUT2D eigenvalue weighted by Crippen LogP contribution is -2.01. The third kappa shape index (κ3) is 4.30. The Labute approximate surface area is 61.8 Å². The monoisotopic (exact) mass is 142 g/mol. The molecule has 1 N–H and O–H groups in total. The van der Waals surface area contributed by atoms with E-state index in [0.29, 0.717) is 0 Å². The summed E-state index contributed by atoms with van der Waals surface area (Å²) in [6, 6.07) is 0. The molecule has 0 radical (unpaired) electrons. The minimum atomic E-state index is -0.00264. The molecule has 0 heterocycles. The second-order valence-electron chi connectivity index (χ2n) is 1.84. The number of ether oxygens (including phenoxy) is 1. The summed E-state index contributed by atoms with van der Waals surface area (Å²) in [5.41, 5.74) is 0. The van der Waals surface area contributed by atoms with Crippen LogP contribution in [0.2, 0.25) is 0 Å². The fraction of sp³-hybridized carbons (Fsp3) is 0.500. The van der Waals surface area contributed by atoms with Crippen LogP contribution in [0.25, 0.3) is 0 Å². The second kappa shape index (κ2) is 6.52. The molecule has 0 aromatic carbocycles. The van der Waals surface area contributed by atoms with Gasteiger partial charge in [-0.2, -0.15) is 0 Å². The number of aliphatic hydroxyl groups excluding tert-OH is 1. The van der Waals surface area contributed by atoms with Crippen LogP contribution in [-0.2, 0) is 4.74 Å². The van der Waals surface area contributed by atoms with Crippen LogP contribution in [0, 0.1) is 0 Å². The molecule has 0 spiro atoms. The van der Waals surface area contributed by atoms with Gasteiger partial charge in [0.15, 0.2) is 0 Å². The maximum atomic E-state index is 8.41. The molecule has 0 aliphatic carbocycles. The third-order valence-electron chi connectivity index (χ3n) is 1.09. The highest BCUT2D eigenvalue weighted by molar-refractivity contribution is 5.01. The molecular weight excluding hydrogens is 128 g/mol.